The summed E-state index contributed by atoms with van der Waals surface area (Å²) in [4.78, 5) is 0. The summed E-state index contributed by atoms with van der Waals surface area (Å²) < 4.78 is 11.7. The molecule has 1 aliphatic carbocycles. The summed E-state index contributed by atoms with van der Waals surface area (Å²) >= 11 is 0. The molecule has 1 aliphatic rings. The van der Waals surface area contributed by atoms with Gasteiger partial charge in [-0.25, -0.2) is 0 Å². The van der Waals surface area contributed by atoms with E-state index in [0.717, 1.165) is 17.7 Å². The first-order chi connectivity index (χ1) is 10.2. The summed E-state index contributed by atoms with van der Waals surface area (Å²) in [5.74, 6) is 1.55. The van der Waals surface area contributed by atoms with Gasteiger partial charge in [0.15, 0.2) is 0 Å². The summed E-state index contributed by atoms with van der Waals surface area (Å²) in [5.41, 5.74) is 7.33. The standard InChI is InChI=1S/C18H29NO2/c1-4-14-7-5-6-8-17(14)21-18(13(2)19)15-9-11-16(20-3)12-10-15/h9-14,17-18H,4-8,19H2,1-3H3. The van der Waals surface area contributed by atoms with Gasteiger partial charge in [-0.15, -0.1) is 0 Å². The van der Waals surface area contributed by atoms with Crippen LogP contribution in [0.25, 0.3) is 0 Å². The van der Waals surface area contributed by atoms with Crippen LogP contribution in [0.15, 0.2) is 24.3 Å². The van der Waals surface area contributed by atoms with Gasteiger partial charge in [-0.1, -0.05) is 38.3 Å². The van der Waals surface area contributed by atoms with Crippen molar-refractivity contribution in [3.63, 3.8) is 0 Å². The Balaban J connectivity index is 2.10. The number of ether oxygens (including phenoxy) is 2. The minimum Gasteiger partial charge on any atom is -0.497 e. The monoisotopic (exact) mass is 291 g/mol. The largest absolute Gasteiger partial charge is 0.497 e. The molecule has 3 nitrogen and oxygen atoms in total. The van der Waals surface area contributed by atoms with Crippen molar-refractivity contribution in [2.24, 2.45) is 11.7 Å². The van der Waals surface area contributed by atoms with Crippen LogP contribution in [-0.2, 0) is 4.74 Å². The molecule has 0 heterocycles. The highest BCUT2D eigenvalue weighted by Crippen LogP contribution is 2.34. The zero-order chi connectivity index (χ0) is 15.2. The first kappa shape index (κ1) is 16.3. The fourth-order valence-corrected chi connectivity index (χ4v) is 3.31. The lowest BCUT2D eigenvalue weighted by atomic mass is 9.84. The van der Waals surface area contributed by atoms with Crippen LogP contribution in [0, 0.1) is 5.92 Å². The second-order valence-electron chi connectivity index (χ2n) is 6.18. The Morgan fingerprint density at radius 3 is 2.43 bits per heavy atom. The van der Waals surface area contributed by atoms with Crippen LogP contribution in [0.4, 0.5) is 0 Å². The molecule has 21 heavy (non-hydrogen) atoms. The second-order valence-corrected chi connectivity index (χ2v) is 6.18. The predicted molar refractivity (Wildman–Crippen MR) is 86.5 cm³/mol. The number of hydrogen-bond acceptors (Lipinski definition) is 3. The predicted octanol–water partition coefficient (Wildman–Crippen LogP) is 4.07. The minimum atomic E-state index is -0.0342. The highest BCUT2D eigenvalue weighted by atomic mass is 16.5. The van der Waals surface area contributed by atoms with Gasteiger partial charge in [-0.3, -0.25) is 0 Å². The Kier molecular flexibility index (Phi) is 6.07. The summed E-state index contributed by atoms with van der Waals surface area (Å²) in [6, 6.07) is 8.07. The van der Waals surface area contributed by atoms with Gasteiger partial charge in [-0.2, -0.15) is 0 Å². The van der Waals surface area contributed by atoms with E-state index in [2.05, 4.69) is 19.1 Å². The maximum absolute atomic E-state index is 6.45. The molecule has 1 fully saturated rings. The molecule has 0 spiro atoms. The van der Waals surface area contributed by atoms with E-state index in [1.807, 2.05) is 19.1 Å². The Bertz CT molecular complexity index is 416. The number of methoxy groups -OCH3 is 1. The lowest BCUT2D eigenvalue weighted by molar-refractivity contribution is -0.0700. The molecule has 2 rings (SSSR count). The smallest absolute Gasteiger partial charge is 0.118 e. The van der Waals surface area contributed by atoms with Gasteiger partial charge in [0.2, 0.25) is 0 Å². The van der Waals surface area contributed by atoms with Crippen LogP contribution in [0.3, 0.4) is 0 Å². The molecule has 1 aromatic carbocycles. The molecule has 3 heteroatoms. The first-order valence-corrected chi connectivity index (χ1v) is 8.20. The molecule has 118 valence electrons. The van der Waals surface area contributed by atoms with E-state index in [-0.39, 0.29) is 12.1 Å². The topological polar surface area (TPSA) is 44.5 Å². The summed E-state index contributed by atoms with van der Waals surface area (Å²) in [6.45, 7) is 4.29. The van der Waals surface area contributed by atoms with Crippen molar-refractivity contribution < 1.29 is 9.47 Å². The Labute approximate surface area is 128 Å². The van der Waals surface area contributed by atoms with Crippen molar-refractivity contribution in [3.05, 3.63) is 29.8 Å². The first-order valence-electron chi connectivity index (χ1n) is 8.20. The van der Waals surface area contributed by atoms with E-state index >= 15 is 0 Å². The van der Waals surface area contributed by atoms with E-state index in [0.29, 0.717) is 12.0 Å². The molecular formula is C18H29NO2. The molecule has 1 aromatic rings. The van der Waals surface area contributed by atoms with Crippen LogP contribution in [0.2, 0.25) is 0 Å². The lowest BCUT2D eigenvalue weighted by Crippen LogP contribution is -2.35. The fraction of sp³-hybridized carbons (Fsp3) is 0.667. The third-order valence-corrected chi connectivity index (χ3v) is 4.61. The second kappa shape index (κ2) is 7.81. The maximum atomic E-state index is 6.45. The summed E-state index contributed by atoms with van der Waals surface area (Å²) in [7, 11) is 1.68. The van der Waals surface area contributed by atoms with Crippen molar-refractivity contribution in [3.8, 4) is 5.75 Å². The van der Waals surface area contributed by atoms with Crippen molar-refractivity contribution in [2.75, 3.05) is 7.11 Å². The van der Waals surface area contributed by atoms with E-state index in [9.17, 15) is 0 Å². The minimum absolute atomic E-state index is 0.0159. The number of rotatable bonds is 6. The van der Waals surface area contributed by atoms with Crippen LogP contribution in [0.5, 0.6) is 5.75 Å². The molecule has 0 aliphatic heterocycles. The number of benzene rings is 1. The quantitative estimate of drug-likeness (QED) is 0.859. The SMILES string of the molecule is CCC1CCCCC1OC(c1ccc(OC)cc1)C(C)N. The van der Waals surface area contributed by atoms with Gasteiger partial charge in [0.05, 0.1) is 19.3 Å². The Morgan fingerprint density at radius 1 is 1.19 bits per heavy atom. The number of hydrogen-bond donors (Lipinski definition) is 1. The molecule has 4 atom stereocenters. The van der Waals surface area contributed by atoms with Crippen molar-refractivity contribution in [1.82, 2.24) is 0 Å². The summed E-state index contributed by atoms with van der Waals surface area (Å²) in [5, 5.41) is 0. The average Bonchev–Trinajstić information content (AvgIpc) is 2.53. The van der Waals surface area contributed by atoms with Gasteiger partial charge < -0.3 is 15.2 Å². The molecular weight excluding hydrogens is 262 g/mol. The number of nitrogens with two attached hydrogens (primary N) is 1. The molecule has 4 unspecified atom stereocenters. The average molecular weight is 291 g/mol. The normalized spacial score (nSPS) is 25.3. The van der Waals surface area contributed by atoms with Gasteiger partial charge in [0.25, 0.3) is 0 Å². The van der Waals surface area contributed by atoms with Crippen LogP contribution < -0.4 is 10.5 Å². The molecule has 0 radical (unpaired) electrons. The summed E-state index contributed by atoms with van der Waals surface area (Å²) in [6.07, 6.45) is 6.57. The van der Waals surface area contributed by atoms with E-state index in [1.165, 1.54) is 25.7 Å². The molecule has 0 bridgehead atoms. The van der Waals surface area contributed by atoms with Crippen molar-refractivity contribution >= 4 is 0 Å². The van der Waals surface area contributed by atoms with Crippen LogP contribution >= 0.6 is 0 Å². The fourth-order valence-electron chi connectivity index (χ4n) is 3.31. The Hall–Kier alpha value is -1.06. The maximum Gasteiger partial charge on any atom is 0.118 e. The third-order valence-electron chi connectivity index (χ3n) is 4.61. The van der Waals surface area contributed by atoms with E-state index < -0.39 is 0 Å². The van der Waals surface area contributed by atoms with Crippen molar-refractivity contribution in [1.29, 1.82) is 0 Å². The molecule has 0 aromatic heterocycles. The van der Waals surface area contributed by atoms with Gasteiger partial charge >= 0.3 is 0 Å². The zero-order valence-corrected chi connectivity index (χ0v) is 13.5. The third kappa shape index (κ3) is 4.21. The highest BCUT2D eigenvalue weighted by molar-refractivity contribution is 5.29. The molecule has 0 amide bonds. The van der Waals surface area contributed by atoms with E-state index in [1.54, 1.807) is 7.11 Å². The zero-order valence-electron chi connectivity index (χ0n) is 13.5. The van der Waals surface area contributed by atoms with Gasteiger partial charge in [0.1, 0.15) is 5.75 Å². The highest BCUT2D eigenvalue weighted by Gasteiger charge is 2.29. The molecule has 2 N–H and O–H groups in total. The Morgan fingerprint density at radius 2 is 1.86 bits per heavy atom. The van der Waals surface area contributed by atoms with E-state index in [4.69, 9.17) is 15.2 Å². The van der Waals surface area contributed by atoms with Crippen LogP contribution in [-0.4, -0.2) is 19.3 Å². The molecule has 0 saturated heterocycles. The van der Waals surface area contributed by atoms with Crippen molar-refractivity contribution in [2.45, 2.75) is 64.2 Å². The van der Waals surface area contributed by atoms with Gasteiger partial charge in [0, 0.05) is 6.04 Å². The van der Waals surface area contributed by atoms with Crippen LogP contribution in [0.1, 0.15) is 57.6 Å². The molecule has 1 saturated carbocycles. The lowest BCUT2D eigenvalue weighted by Gasteiger charge is -2.35. The van der Waals surface area contributed by atoms with Gasteiger partial charge in [-0.05, 0) is 43.4 Å².